The van der Waals surface area contributed by atoms with E-state index in [1.807, 2.05) is 0 Å². The summed E-state index contributed by atoms with van der Waals surface area (Å²) in [6.45, 7) is 11.2. The van der Waals surface area contributed by atoms with Gasteiger partial charge in [-0.05, 0) is 43.6 Å². The zero-order valence-corrected chi connectivity index (χ0v) is 12.1. The van der Waals surface area contributed by atoms with Crippen molar-refractivity contribution in [2.45, 2.75) is 59.3 Å². The van der Waals surface area contributed by atoms with Gasteiger partial charge in [0.2, 0.25) is 0 Å². The smallest absolute Gasteiger partial charge is 0.0471 e. The van der Waals surface area contributed by atoms with Crippen LogP contribution in [0, 0.1) is 11.3 Å². The number of ether oxygens (including phenoxy) is 1. The van der Waals surface area contributed by atoms with Crippen LogP contribution in [0.5, 0.6) is 0 Å². The van der Waals surface area contributed by atoms with Crippen molar-refractivity contribution in [1.29, 1.82) is 0 Å². The Balaban J connectivity index is 2.50. The van der Waals surface area contributed by atoms with Gasteiger partial charge < -0.3 is 10.1 Å². The highest BCUT2D eigenvalue weighted by atomic mass is 16.5. The van der Waals surface area contributed by atoms with E-state index in [1.54, 1.807) is 0 Å². The van der Waals surface area contributed by atoms with Crippen LogP contribution in [0.1, 0.15) is 59.3 Å². The minimum atomic E-state index is 0.518. The lowest BCUT2D eigenvalue weighted by molar-refractivity contribution is 0.00150. The molecule has 1 N–H and O–H groups in total. The Morgan fingerprint density at radius 3 is 2.29 bits per heavy atom. The van der Waals surface area contributed by atoms with Crippen molar-refractivity contribution in [3.8, 4) is 0 Å². The third-order valence-electron chi connectivity index (χ3n) is 4.36. The van der Waals surface area contributed by atoms with Gasteiger partial charge >= 0.3 is 0 Å². The van der Waals surface area contributed by atoms with E-state index in [1.165, 1.54) is 45.1 Å². The van der Waals surface area contributed by atoms with Crippen LogP contribution in [0.3, 0.4) is 0 Å². The summed E-state index contributed by atoms with van der Waals surface area (Å²) in [5.74, 6) is 0.900. The van der Waals surface area contributed by atoms with Gasteiger partial charge in [-0.1, -0.05) is 33.6 Å². The summed E-state index contributed by atoms with van der Waals surface area (Å²) in [4.78, 5) is 0. The Kier molecular flexibility index (Phi) is 7.14. The Morgan fingerprint density at radius 2 is 1.76 bits per heavy atom. The summed E-state index contributed by atoms with van der Waals surface area (Å²) in [6, 6.07) is 0. The maximum atomic E-state index is 5.55. The molecule has 1 aliphatic rings. The summed E-state index contributed by atoms with van der Waals surface area (Å²) in [6.07, 6.45) is 7.78. The van der Waals surface area contributed by atoms with E-state index in [9.17, 15) is 0 Å². The first-order chi connectivity index (χ1) is 8.26. The van der Waals surface area contributed by atoms with Crippen LogP contribution in [0.15, 0.2) is 0 Å². The molecule has 1 fully saturated rings. The van der Waals surface area contributed by atoms with Crippen molar-refractivity contribution in [3.63, 3.8) is 0 Å². The fourth-order valence-corrected chi connectivity index (χ4v) is 2.98. The van der Waals surface area contributed by atoms with Crippen LogP contribution >= 0.6 is 0 Å². The predicted molar refractivity (Wildman–Crippen MR) is 74.3 cm³/mol. The van der Waals surface area contributed by atoms with Gasteiger partial charge in [-0.3, -0.25) is 0 Å². The molecule has 0 aromatic heterocycles. The minimum Gasteiger partial charge on any atom is -0.381 e. The lowest BCUT2D eigenvalue weighted by Gasteiger charge is -2.40. The molecule has 1 aliphatic heterocycles. The fourth-order valence-electron chi connectivity index (χ4n) is 2.98. The molecule has 2 nitrogen and oxygen atoms in total. The van der Waals surface area contributed by atoms with Crippen LogP contribution in [0.2, 0.25) is 0 Å². The van der Waals surface area contributed by atoms with Crippen molar-refractivity contribution in [2.75, 3.05) is 26.3 Å². The Labute approximate surface area is 108 Å². The first kappa shape index (κ1) is 15.0. The topological polar surface area (TPSA) is 21.3 Å². The first-order valence-corrected chi connectivity index (χ1v) is 7.54. The molecule has 0 radical (unpaired) electrons. The van der Waals surface area contributed by atoms with Crippen molar-refractivity contribution in [3.05, 3.63) is 0 Å². The molecule has 17 heavy (non-hydrogen) atoms. The molecule has 0 unspecified atom stereocenters. The third kappa shape index (κ3) is 4.97. The monoisotopic (exact) mass is 241 g/mol. The first-order valence-electron chi connectivity index (χ1n) is 7.54. The van der Waals surface area contributed by atoms with Gasteiger partial charge in [0.05, 0.1) is 0 Å². The number of hydrogen-bond acceptors (Lipinski definition) is 2. The number of nitrogens with one attached hydrogen (secondary N) is 1. The van der Waals surface area contributed by atoms with Crippen LogP contribution in [-0.2, 0) is 4.74 Å². The average Bonchev–Trinajstić information content (AvgIpc) is 2.37. The predicted octanol–water partition coefficient (Wildman–Crippen LogP) is 3.61. The summed E-state index contributed by atoms with van der Waals surface area (Å²) in [7, 11) is 0. The molecule has 0 amide bonds. The fraction of sp³-hybridized carbons (Fsp3) is 1.00. The van der Waals surface area contributed by atoms with Crippen LogP contribution in [-0.4, -0.2) is 26.3 Å². The van der Waals surface area contributed by atoms with Crippen molar-refractivity contribution >= 4 is 0 Å². The van der Waals surface area contributed by atoms with Gasteiger partial charge in [0.25, 0.3) is 0 Å². The minimum absolute atomic E-state index is 0.518. The van der Waals surface area contributed by atoms with Gasteiger partial charge in [0, 0.05) is 19.8 Å². The molecule has 0 saturated carbocycles. The molecule has 0 aromatic rings. The second-order valence-electron chi connectivity index (χ2n) is 5.68. The Bertz CT molecular complexity index is 183. The van der Waals surface area contributed by atoms with E-state index in [4.69, 9.17) is 4.74 Å². The third-order valence-corrected chi connectivity index (χ3v) is 4.36. The highest BCUT2D eigenvalue weighted by Crippen LogP contribution is 2.38. The SMILES string of the molecule is CCCNCC1(CC(CC)CC)CCOCC1. The van der Waals surface area contributed by atoms with Crippen LogP contribution in [0.25, 0.3) is 0 Å². The number of rotatable bonds is 8. The van der Waals surface area contributed by atoms with Crippen molar-refractivity contribution < 1.29 is 4.74 Å². The second-order valence-corrected chi connectivity index (χ2v) is 5.68. The molecular weight excluding hydrogens is 210 g/mol. The molecule has 1 heterocycles. The van der Waals surface area contributed by atoms with Crippen molar-refractivity contribution in [1.82, 2.24) is 5.32 Å². The molecule has 0 bridgehead atoms. The molecular formula is C15H31NO. The highest BCUT2D eigenvalue weighted by molar-refractivity contribution is 4.86. The maximum Gasteiger partial charge on any atom is 0.0471 e. The molecule has 1 saturated heterocycles. The maximum absolute atomic E-state index is 5.55. The van der Waals surface area contributed by atoms with Crippen LogP contribution in [0.4, 0.5) is 0 Å². The number of hydrogen-bond donors (Lipinski definition) is 1. The molecule has 2 heteroatoms. The zero-order valence-electron chi connectivity index (χ0n) is 12.1. The van der Waals surface area contributed by atoms with Crippen molar-refractivity contribution in [2.24, 2.45) is 11.3 Å². The summed E-state index contributed by atoms with van der Waals surface area (Å²) in [5, 5.41) is 3.64. The Hall–Kier alpha value is -0.0800. The van der Waals surface area contributed by atoms with E-state index in [-0.39, 0.29) is 0 Å². The van der Waals surface area contributed by atoms with Crippen LogP contribution < -0.4 is 5.32 Å². The van der Waals surface area contributed by atoms with Gasteiger partial charge in [-0.25, -0.2) is 0 Å². The molecule has 0 aromatic carbocycles. The van der Waals surface area contributed by atoms with Gasteiger partial charge in [-0.15, -0.1) is 0 Å². The Morgan fingerprint density at radius 1 is 1.12 bits per heavy atom. The lowest BCUT2D eigenvalue weighted by atomic mass is 9.72. The standard InChI is InChI=1S/C15H31NO/c1-4-9-16-13-15(7-10-17-11-8-15)12-14(5-2)6-3/h14,16H,4-13H2,1-3H3. The molecule has 102 valence electrons. The second kappa shape index (κ2) is 8.10. The van der Waals surface area contributed by atoms with E-state index in [0.29, 0.717) is 5.41 Å². The van der Waals surface area contributed by atoms with E-state index in [2.05, 4.69) is 26.1 Å². The summed E-state index contributed by atoms with van der Waals surface area (Å²) >= 11 is 0. The molecule has 0 aliphatic carbocycles. The van der Waals surface area contributed by atoms with E-state index in [0.717, 1.165) is 25.7 Å². The average molecular weight is 241 g/mol. The molecule has 1 rings (SSSR count). The quantitative estimate of drug-likeness (QED) is 0.656. The zero-order chi connectivity index (χ0) is 12.6. The highest BCUT2D eigenvalue weighted by Gasteiger charge is 2.33. The summed E-state index contributed by atoms with van der Waals surface area (Å²) < 4.78 is 5.55. The summed E-state index contributed by atoms with van der Waals surface area (Å²) in [5.41, 5.74) is 0.518. The van der Waals surface area contributed by atoms with Gasteiger partial charge in [-0.2, -0.15) is 0 Å². The normalized spacial score (nSPS) is 19.8. The molecule has 0 spiro atoms. The largest absolute Gasteiger partial charge is 0.381 e. The van der Waals surface area contributed by atoms with Gasteiger partial charge in [0.15, 0.2) is 0 Å². The molecule has 0 atom stereocenters. The van der Waals surface area contributed by atoms with Gasteiger partial charge in [0.1, 0.15) is 0 Å². The van der Waals surface area contributed by atoms with E-state index >= 15 is 0 Å². The lowest BCUT2D eigenvalue weighted by Crippen LogP contribution is -2.40. The van der Waals surface area contributed by atoms with E-state index < -0.39 is 0 Å².